The van der Waals surface area contributed by atoms with Crippen LogP contribution in [0, 0.1) is 11.8 Å². The summed E-state index contributed by atoms with van der Waals surface area (Å²) in [5, 5.41) is 0. The van der Waals surface area contributed by atoms with Gasteiger partial charge in [-0.05, 0) is 38.0 Å². The molecule has 4 unspecified atom stereocenters. The summed E-state index contributed by atoms with van der Waals surface area (Å²) in [6, 6.07) is -0.315. The molecule has 0 bridgehead atoms. The van der Waals surface area contributed by atoms with Gasteiger partial charge in [0.1, 0.15) is 12.1 Å². The fraction of sp³-hybridized carbons (Fsp3) is 0.882. The Hall–Kier alpha value is -1.06. The number of nitrogens with zero attached hydrogens (tertiary/aromatic N) is 2. The van der Waals surface area contributed by atoms with Gasteiger partial charge in [0.25, 0.3) is 0 Å². The van der Waals surface area contributed by atoms with Gasteiger partial charge in [-0.2, -0.15) is 0 Å². The zero-order valence-corrected chi connectivity index (χ0v) is 14.1. The highest BCUT2D eigenvalue weighted by atomic mass is 16.2. The van der Waals surface area contributed by atoms with E-state index in [1.807, 2.05) is 9.80 Å². The van der Waals surface area contributed by atoms with Crippen LogP contribution in [0.1, 0.15) is 60.3 Å². The van der Waals surface area contributed by atoms with Crippen LogP contribution in [0.25, 0.3) is 0 Å². The molecule has 0 aromatic carbocycles. The number of amides is 2. The molecule has 0 saturated carbocycles. The Kier molecular flexibility index (Phi) is 4.95. The number of hydrogen-bond acceptors (Lipinski definition) is 2. The van der Waals surface area contributed by atoms with Gasteiger partial charge in [0.05, 0.1) is 0 Å². The average Bonchev–Trinajstić information content (AvgIpc) is 2.91. The maximum absolute atomic E-state index is 12.9. The van der Waals surface area contributed by atoms with E-state index in [1.165, 1.54) is 0 Å². The van der Waals surface area contributed by atoms with Crippen molar-refractivity contribution in [3.63, 3.8) is 0 Å². The fourth-order valence-electron chi connectivity index (χ4n) is 3.85. The molecule has 2 heterocycles. The third-order valence-corrected chi connectivity index (χ3v) is 5.17. The molecular weight excluding hydrogens is 264 g/mol. The molecular formula is C17H30N2O2. The molecule has 2 amide bonds. The summed E-state index contributed by atoms with van der Waals surface area (Å²) in [5.74, 6) is 1.10. The van der Waals surface area contributed by atoms with Crippen molar-refractivity contribution in [3.05, 3.63) is 0 Å². The second-order valence-corrected chi connectivity index (χ2v) is 7.22. The highest BCUT2D eigenvalue weighted by Crippen LogP contribution is 2.32. The first kappa shape index (κ1) is 16.3. The lowest BCUT2D eigenvalue weighted by atomic mass is 9.91. The van der Waals surface area contributed by atoms with E-state index < -0.39 is 0 Å². The first-order chi connectivity index (χ1) is 9.88. The normalized spacial score (nSPS) is 29.0. The molecule has 0 radical (unpaired) electrons. The topological polar surface area (TPSA) is 40.6 Å². The SMILES string of the molecule is CCC(C)CC(C)N1C(=O)C2CCCN2C(=O)C1C(C)C. The van der Waals surface area contributed by atoms with Crippen molar-refractivity contribution in [3.8, 4) is 0 Å². The molecule has 0 aliphatic carbocycles. The highest BCUT2D eigenvalue weighted by molar-refractivity contribution is 5.97. The van der Waals surface area contributed by atoms with E-state index in [0.29, 0.717) is 5.92 Å². The molecule has 21 heavy (non-hydrogen) atoms. The third kappa shape index (κ3) is 2.95. The van der Waals surface area contributed by atoms with E-state index in [0.717, 1.165) is 32.2 Å². The second-order valence-electron chi connectivity index (χ2n) is 7.22. The van der Waals surface area contributed by atoms with Crippen molar-refractivity contribution < 1.29 is 9.59 Å². The van der Waals surface area contributed by atoms with Crippen LogP contribution in [0.5, 0.6) is 0 Å². The van der Waals surface area contributed by atoms with Crippen molar-refractivity contribution in [1.29, 1.82) is 0 Å². The van der Waals surface area contributed by atoms with E-state index in [2.05, 4.69) is 34.6 Å². The predicted octanol–water partition coefficient (Wildman–Crippen LogP) is 2.67. The van der Waals surface area contributed by atoms with Gasteiger partial charge >= 0.3 is 0 Å². The van der Waals surface area contributed by atoms with E-state index in [4.69, 9.17) is 0 Å². The van der Waals surface area contributed by atoms with Crippen molar-refractivity contribution in [2.75, 3.05) is 6.54 Å². The first-order valence-corrected chi connectivity index (χ1v) is 8.51. The smallest absolute Gasteiger partial charge is 0.246 e. The molecule has 0 spiro atoms. The van der Waals surface area contributed by atoms with Crippen LogP contribution >= 0.6 is 0 Å². The lowest BCUT2D eigenvalue weighted by Gasteiger charge is -2.47. The summed E-state index contributed by atoms with van der Waals surface area (Å²) in [5.41, 5.74) is 0. The Morgan fingerprint density at radius 3 is 2.38 bits per heavy atom. The van der Waals surface area contributed by atoms with E-state index in [1.54, 1.807) is 0 Å². The molecule has 2 saturated heterocycles. The summed E-state index contributed by atoms with van der Waals surface area (Å²) in [6.45, 7) is 11.4. The van der Waals surface area contributed by atoms with E-state index in [-0.39, 0.29) is 35.9 Å². The van der Waals surface area contributed by atoms with Crippen LogP contribution in [0.4, 0.5) is 0 Å². The van der Waals surface area contributed by atoms with Crippen LogP contribution in [-0.4, -0.2) is 46.3 Å². The maximum Gasteiger partial charge on any atom is 0.246 e. The first-order valence-electron chi connectivity index (χ1n) is 8.51. The number of rotatable bonds is 5. The van der Waals surface area contributed by atoms with E-state index >= 15 is 0 Å². The lowest BCUT2D eigenvalue weighted by molar-refractivity contribution is -0.164. The van der Waals surface area contributed by atoms with Crippen LogP contribution < -0.4 is 0 Å². The molecule has 0 aromatic rings. The Bertz CT molecular complexity index is 408. The number of carbonyl (C=O) groups excluding carboxylic acids is 2. The monoisotopic (exact) mass is 294 g/mol. The number of hydrogen-bond donors (Lipinski definition) is 0. The number of piperazine rings is 1. The zero-order valence-electron chi connectivity index (χ0n) is 14.1. The molecule has 4 heteroatoms. The predicted molar refractivity (Wildman–Crippen MR) is 83.7 cm³/mol. The van der Waals surface area contributed by atoms with Gasteiger partial charge in [-0.1, -0.05) is 34.1 Å². The molecule has 4 nitrogen and oxygen atoms in total. The van der Waals surface area contributed by atoms with Gasteiger partial charge in [-0.15, -0.1) is 0 Å². The molecule has 2 aliphatic rings. The van der Waals surface area contributed by atoms with Crippen molar-refractivity contribution >= 4 is 11.8 Å². The summed E-state index contributed by atoms with van der Waals surface area (Å²) >= 11 is 0. The van der Waals surface area contributed by atoms with Gasteiger partial charge in [-0.3, -0.25) is 9.59 Å². The molecule has 4 atom stereocenters. The molecule has 2 aliphatic heterocycles. The zero-order chi connectivity index (χ0) is 15.7. The minimum absolute atomic E-state index is 0.145. The molecule has 120 valence electrons. The van der Waals surface area contributed by atoms with Gasteiger partial charge < -0.3 is 9.80 Å². The highest BCUT2D eigenvalue weighted by Gasteiger charge is 2.49. The Morgan fingerprint density at radius 1 is 1.14 bits per heavy atom. The third-order valence-electron chi connectivity index (χ3n) is 5.17. The van der Waals surface area contributed by atoms with Gasteiger partial charge in [0.15, 0.2) is 0 Å². The lowest BCUT2D eigenvalue weighted by Crippen LogP contribution is -2.66. The van der Waals surface area contributed by atoms with Crippen LogP contribution in [0.3, 0.4) is 0 Å². The molecule has 0 aromatic heterocycles. The van der Waals surface area contributed by atoms with E-state index in [9.17, 15) is 9.59 Å². The molecule has 2 rings (SSSR count). The Balaban J connectivity index is 2.26. The quantitative estimate of drug-likeness (QED) is 0.782. The maximum atomic E-state index is 12.9. The van der Waals surface area contributed by atoms with Gasteiger partial charge in [-0.25, -0.2) is 0 Å². The number of carbonyl (C=O) groups is 2. The summed E-state index contributed by atoms with van der Waals surface area (Å²) in [7, 11) is 0. The van der Waals surface area contributed by atoms with Crippen LogP contribution in [0.15, 0.2) is 0 Å². The largest absolute Gasteiger partial charge is 0.329 e. The van der Waals surface area contributed by atoms with Crippen LogP contribution in [-0.2, 0) is 9.59 Å². The fourth-order valence-corrected chi connectivity index (χ4v) is 3.85. The van der Waals surface area contributed by atoms with Crippen molar-refractivity contribution in [1.82, 2.24) is 9.80 Å². The van der Waals surface area contributed by atoms with Crippen LogP contribution in [0.2, 0.25) is 0 Å². The van der Waals surface area contributed by atoms with Gasteiger partial charge in [0.2, 0.25) is 11.8 Å². The summed E-state index contributed by atoms with van der Waals surface area (Å²) in [6.07, 6.45) is 3.89. The van der Waals surface area contributed by atoms with Crippen molar-refractivity contribution in [2.45, 2.75) is 78.4 Å². The summed E-state index contributed by atoms with van der Waals surface area (Å²) < 4.78 is 0. The molecule has 0 N–H and O–H groups in total. The minimum atomic E-state index is -0.272. The Labute approximate surface area is 128 Å². The second kappa shape index (κ2) is 6.37. The number of fused-ring (bicyclic) bond motifs is 1. The average molecular weight is 294 g/mol. The molecule has 2 fully saturated rings. The minimum Gasteiger partial charge on any atom is -0.329 e. The standard InChI is InChI=1S/C17H30N2O2/c1-6-12(4)10-13(5)19-15(11(2)3)17(21)18-9-7-8-14(18)16(19)20/h11-15H,6-10H2,1-5H3. The van der Waals surface area contributed by atoms with Gasteiger partial charge in [0, 0.05) is 12.6 Å². The summed E-state index contributed by atoms with van der Waals surface area (Å²) in [4.78, 5) is 29.5. The Morgan fingerprint density at radius 2 is 1.81 bits per heavy atom. The van der Waals surface area contributed by atoms with Crippen molar-refractivity contribution in [2.24, 2.45) is 11.8 Å².